The van der Waals surface area contributed by atoms with Crippen LogP contribution in [0, 0.1) is 5.92 Å². The molecule has 1 rings (SSSR count). The van der Waals surface area contributed by atoms with E-state index in [0.29, 0.717) is 5.92 Å². The summed E-state index contributed by atoms with van der Waals surface area (Å²) >= 11 is 0. The summed E-state index contributed by atoms with van der Waals surface area (Å²) in [6.45, 7) is 3.35. The van der Waals surface area contributed by atoms with Gasteiger partial charge < -0.3 is 4.74 Å². The summed E-state index contributed by atoms with van der Waals surface area (Å²) in [5.74, 6) is 0.507. The molecule has 0 amide bonds. The van der Waals surface area contributed by atoms with E-state index in [2.05, 4.69) is 6.08 Å². The van der Waals surface area contributed by atoms with Crippen molar-refractivity contribution in [2.75, 3.05) is 0 Å². The zero-order valence-corrected chi connectivity index (χ0v) is 9.16. The van der Waals surface area contributed by atoms with E-state index in [1.54, 1.807) is 0 Å². The van der Waals surface area contributed by atoms with E-state index in [4.69, 9.17) is 4.74 Å². The van der Waals surface area contributed by atoms with Gasteiger partial charge in [-0.3, -0.25) is 4.79 Å². The van der Waals surface area contributed by atoms with Crippen molar-refractivity contribution in [3.8, 4) is 0 Å². The van der Waals surface area contributed by atoms with Crippen LogP contribution in [0.5, 0.6) is 0 Å². The highest BCUT2D eigenvalue weighted by molar-refractivity contribution is 5.66. The van der Waals surface area contributed by atoms with E-state index < -0.39 is 0 Å². The Morgan fingerprint density at radius 3 is 2.57 bits per heavy atom. The molecule has 1 fully saturated rings. The maximum Gasteiger partial charge on any atom is 0.303 e. The Balaban J connectivity index is 2.26. The van der Waals surface area contributed by atoms with Gasteiger partial charge in [-0.25, -0.2) is 0 Å². The van der Waals surface area contributed by atoms with Crippen molar-refractivity contribution in [1.29, 1.82) is 0 Å². The molecule has 0 N–H and O–H groups in total. The first-order valence-electron chi connectivity index (χ1n) is 5.54. The molecule has 0 aromatic carbocycles. The Bertz CT molecular complexity index is 202. The number of allylic oxidation sites excluding steroid dienone is 1. The lowest BCUT2D eigenvalue weighted by Crippen LogP contribution is -2.10. The van der Waals surface area contributed by atoms with E-state index in [9.17, 15) is 4.79 Å². The smallest absolute Gasteiger partial charge is 0.303 e. The van der Waals surface area contributed by atoms with Crippen LogP contribution >= 0.6 is 0 Å². The van der Waals surface area contributed by atoms with Crippen LogP contribution in [0.3, 0.4) is 0 Å². The van der Waals surface area contributed by atoms with E-state index >= 15 is 0 Å². The van der Waals surface area contributed by atoms with Crippen molar-refractivity contribution < 1.29 is 9.53 Å². The molecule has 0 aromatic heterocycles. The number of hydrogen-bond acceptors (Lipinski definition) is 2. The SMILES string of the molecule is CC(=O)O[C@H](C)/C=C/C1CCCCC1. The van der Waals surface area contributed by atoms with Gasteiger partial charge in [0.2, 0.25) is 0 Å². The predicted octanol–water partition coefficient (Wildman–Crippen LogP) is 3.07. The largest absolute Gasteiger partial charge is 0.459 e. The van der Waals surface area contributed by atoms with Gasteiger partial charge in [0, 0.05) is 6.92 Å². The monoisotopic (exact) mass is 196 g/mol. The first-order valence-corrected chi connectivity index (χ1v) is 5.54. The normalized spacial score (nSPS) is 21.0. The van der Waals surface area contributed by atoms with Gasteiger partial charge in [0.1, 0.15) is 6.10 Å². The van der Waals surface area contributed by atoms with Gasteiger partial charge in [-0.15, -0.1) is 0 Å². The Morgan fingerprint density at radius 1 is 1.36 bits per heavy atom. The van der Waals surface area contributed by atoms with Crippen molar-refractivity contribution in [2.24, 2.45) is 5.92 Å². The molecule has 80 valence electrons. The van der Waals surface area contributed by atoms with Gasteiger partial charge >= 0.3 is 5.97 Å². The highest BCUT2D eigenvalue weighted by atomic mass is 16.5. The highest BCUT2D eigenvalue weighted by Gasteiger charge is 2.10. The molecule has 0 unspecified atom stereocenters. The summed E-state index contributed by atoms with van der Waals surface area (Å²) in [4.78, 5) is 10.6. The molecule has 0 heterocycles. The van der Waals surface area contributed by atoms with E-state index in [1.165, 1.54) is 39.0 Å². The van der Waals surface area contributed by atoms with Gasteiger partial charge in [-0.2, -0.15) is 0 Å². The summed E-state index contributed by atoms with van der Waals surface area (Å²) in [5.41, 5.74) is 0. The number of esters is 1. The number of hydrogen-bond donors (Lipinski definition) is 0. The maximum absolute atomic E-state index is 10.6. The van der Waals surface area contributed by atoms with Crippen LogP contribution in [0.2, 0.25) is 0 Å². The second kappa shape index (κ2) is 5.84. The summed E-state index contributed by atoms with van der Waals surface area (Å²) in [6, 6.07) is 0. The fourth-order valence-corrected chi connectivity index (χ4v) is 1.94. The van der Waals surface area contributed by atoms with Gasteiger partial charge in [0.05, 0.1) is 0 Å². The number of rotatable bonds is 3. The van der Waals surface area contributed by atoms with Crippen LogP contribution < -0.4 is 0 Å². The van der Waals surface area contributed by atoms with Crippen LogP contribution in [-0.4, -0.2) is 12.1 Å². The fraction of sp³-hybridized carbons (Fsp3) is 0.750. The standard InChI is InChI=1S/C12H20O2/c1-10(14-11(2)13)8-9-12-6-4-3-5-7-12/h8-10,12H,3-7H2,1-2H3/b9-8+/t10-/m1/s1. The first kappa shape index (κ1) is 11.3. The fourth-order valence-electron chi connectivity index (χ4n) is 1.94. The zero-order valence-electron chi connectivity index (χ0n) is 9.16. The molecule has 2 heteroatoms. The van der Waals surface area contributed by atoms with Crippen molar-refractivity contribution >= 4 is 5.97 Å². The molecule has 1 atom stereocenters. The van der Waals surface area contributed by atoms with E-state index in [-0.39, 0.29) is 12.1 Å². The molecule has 1 saturated carbocycles. The van der Waals surface area contributed by atoms with Crippen LogP contribution in [0.4, 0.5) is 0 Å². The number of carbonyl (C=O) groups is 1. The third-order valence-electron chi connectivity index (χ3n) is 2.66. The minimum atomic E-state index is -0.203. The Kier molecular flexibility index (Phi) is 4.71. The molecule has 14 heavy (non-hydrogen) atoms. The lowest BCUT2D eigenvalue weighted by molar-refractivity contribution is -0.143. The Labute approximate surface area is 86.3 Å². The quantitative estimate of drug-likeness (QED) is 0.512. The molecule has 0 aromatic rings. The Morgan fingerprint density at radius 2 is 2.00 bits per heavy atom. The number of carbonyl (C=O) groups excluding carboxylic acids is 1. The lowest BCUT2D eigenvalue weighted by Gasteiger charge is -2.18. The molecular weight excluding hydrogens is 176 g/mol. The maximum atomic E-state index is 10.6. The van der Waals surface area contributed by atoms with E-state index in [1.807, 2.05) is 13.0 Å². The molecule has 2 nitrogen and oxygen atoms in total. The lowest BCUT2D eigenvalue weighted by atomic mass is 9.89. The summed E-state index contributed by atoms with van der Waals surface area (Å²) in [6.07, 6.45) is 10.8. The summed E-state index contributed by atoms with van der Waals surface area (Å²) in [5, 5.41) is 0. The molecular formula is C12H20O2. The van der Waals surface area contributed by atoms with Gasteiger partial charge in [-0.05, 0) is 31.8 Å². The molecule has 0 spiro atoms. The van der Waals surface area contributed by atoms with Crippen molar-refractivity contribution in [2.45, 2.75) is 52.1 Å². The molecule has 0 bridgehead atoms. The van der Waals surface area contributed by atoms with E-state index in [0.717, 1.165) is 0 Å². The Hall–Kier alpha value is -0.790. The molecule has 1 aliphatic rings. The van der Waals surface area contributed by atoms with Crippen molar-refractivity contribution in [3.63, 3.8) is 0 Å². The average molecular weight is 196 g/mol. The topological polar surface area (TPSA) is 26.3 Å². The third kappa shape index (κ3) is 4.45. The summed E-state index contributed by atoms with van der Waals surface area (Å²) < 4.78 is 5.02. The van der Waals surface area contributed by atoms with Gasteiger partial charge in [0.15, 0.2) is 0 Å². The average Bonchev–Trinajstić information content (AvgIpc) is 2.15. The van der Waals surface area contributed by atoms with Crippen LogP contribution in [0.15, 0.2) is 12.2 Å². The number of ether oxygens (including phenoxy) is 1. The zero-order chi connectivity index (χ0) is 10.4. The van der Waals surface area contributed by atoms with Gasteiger partial charge in [-0.1, -0.05) is 25.3 Å². The van der Waals surface area contributed by atoms with Crippen molar-refractivity contribution in [1.82, 2.24) is 0 Å². The van der Waals surface area contributed by atoms with Gasteiger partial charge in [0.25, 0.3) is 0 Å². The van der Waals surface area contributed by atoms with Crippen LogP contribution in [0.1, 0.15) is 46.0 Å². The van der Waals surface area contributed by atoms with Crippen LogP contribution in [-0.2, 0) is 9.53 Å². The van der Waals surface area contributed by atoms with Crippen molar-refractivity contribution in [3.05, 3.63) is 12.2 Å². The highest BCUT2D eigenvalue weighted by Crippen LogP contribution is 2.24. The third-order valence-corrected chi connectivity index (χ3v) is 2.66. The molecule has 1 aliphatic carbocycles. The minimum Gasteiger partial charge on any atom is -0.459 e. The predicted molar refractivity (Wildman–Crippen MR) is 56.9 cm³/mol. The minimum absolute atomic E-state index is 0.0746. The second-order valence-electron chi connectivity index (χ2n) is 4.10. The molecule has 0 aliphatic heterocycles. The summed E-state index contributed by atoms with van der Waals surface area (Å²) in [7, 11) is 0. The molecule has 0 saturated heterocycles. The van der Waals surface area contributed by atoms with Crippen LogP contribution in [0.25, 0.3) is 0 Å². The molecule has 0 radical (unpaired) electrons. The second-order valence-corrected chi connectivity index (χ2v) is 4.10. The first-order chi connectivity index (χ1) is 6.68.